The van der Waals surface area contributed by atoms with Crippen LogP contribution in [0.25, 0.3) is 11.3 Å². The van der Waals surface area contributed by atoms with Crippen molar-refractivity contribution in [3.63, 3.8) is 0 Å². The predicted molar refractivity (Wildman–Crippen MR) is 75.3 cm³/mol. The lowest BCUT2D eigenvalue weighted by Crippen LogP contribution is -2.26. The van der Waals surface area contributed by atoms with Crippen LogP contribution in [0.2, 0.25) is 0 Å². The summed E-state index contributed by atoms with van der Waals surface area (Å²) >= 11 is 0. The number of H-pyrrole nitrogens is 1. The quantitative estimate of drug-likeness (QED) is 0.888. The first-order chi connectivity index (χ1) is 8.91. The zero-order valence-electron chi connectivity index (χ0n) is 11.6. The number of nitrogens with two attached hydrogens (primary N) is 1. The second-order valence-corrected chi connectivity index (χ2v) is 5.71. The van der Waals surface area contributed by atoms with Gasteiger partial charge in [-0.3, -0.25) is 0 Å². The number of benzene rings is 1. The molecule has 0 aliphatic rings. The summed E-state index contributed by atoms with van der Waals surface area (Å²) in [7, 11) is 0. The van der Waals surface area contributed by atoms with Crippen LogP contribution in [0.1, 0.15) is 25.4 Å². The van der Waals surface area contributed by atoms with E-state index in [9.17, 15) is 4.39 Å². The van der Waals surface area contributed by atoms with Gasteiger partial charge in [0.15, 0.2) is 0 Å². The fraction of sp³-hybridized carbons (Fsp3) is 0.400. The molecule has 102 valence electrons. The van der Waals surface area contributed by atoms with Gasteiger partial charge in [0.2, 0.25) is 0 Å². The van der Waals surface area contributed by atoms with Gasteiger partial charge in [0.1, 0.15) is 11.6 Å². The summed E-state index contributed by atoms with van der Waals surface area (Å²) in [6.07, 6.45) is 0.777. The fourth-order valence-corrected chi connectivity index (χ4v) is 2.05. The minimum absolute atomic E-state index is 0.00347. The Morgan fingerprint density at radius 1 is 1.37 bits per heavy atom. The lowest BCUT2D eigenvalue weighted by molar-refractivity contribution is 0.369. The molecular formula is C15H20FN3. The van der Waals surface area contributed by atoms with Crippen LogP contribution < -0.4 is 5.73 Å². The van der Waals surface area contributed by atoms with Crippen molar-refractivity contribution < 1.29 is 4.39 Å². The number of hydrogen-bond acceptors (Lipinski definition) is 2. The lowest BCUT2D eigenvalue weighted by atomic mass is 9.89. The molecule has 1 aromatic heterocycles. The molecule has 2 aromatic rings. The number of aromatic amines is 1. The maximum absolute atomic E-state index is 13.3. The smallest absolute Gasteiger partial charge is 0.123 e. The molecule has 0 unspecified atom stereocenters. The molecule has 0 fully saturated rings. The van der Waals surface area contributed by atoms with E-state index < -0.39 is 0 Å². The van der Waals surface area contributed by atoms with Gasteiger partial charge < -0.3 is 10.7 Å². The molecule has 1 aromatic carbocycles. The van der Waals surface area contributed by atoms with Crippen molar-refractivity contribution in [3.05, 3.63) is 41.6 Å². The monoisotopic (exact) mass is 261 g/mol. The first-order valence-corrected chi connectivity index (χ1v) is 6.43. The van der Waals surface area contributed by atoms with Gasteiger partial charge in [0, 0.05) is 17.7 Å². The summed E-state index contributed by atoms with van der Waals surface area (Å²) in [5.74, 6) is 0.649. The van der Waals surface area contributed by atoms with Gasteiger partial charge in [0.25, 0.3) is 0 Å². The fourth-order valence-electron chi connectivity index (χ4n) is 2.05. The molecule has 3 nitrogen and oxygen atoms in total. The average Bonchev–Trinajstić information content (AvgIpc) is 2.69. The number of nitrogens with one attached hydrogen (secondary N) is 1. The number of aromatic nitrogens is 2. The van der Waals surface area contributed by atoms with Crippen molar-refractivity contribution in [1.29, 1.82) is 0 Å². The molecule has 0 spiro atoms. The van der Waals surface area contributed by atoms with Crippen LogP contribution in [-0.4, -0.2) is 16.5 Å². The standard InChI is InChI=1S/C15H20FN3/c1-10-14(11-5-4-6-12(16)7-11)19-13(18-10)8-15(2,3)9-17/h4-7H,8-9,17H2,1-3H3,(H,18,19). The maximum Gasteiger partial charge on any atom is 0.123 e. The minimum Gasteiger partial charge on any atom is -0.346 e. The van der Waals surface area contributed by atoms with Crippen LogP contribution in [0.15, 0.2) is 24.3 Å². The minimum atomic E-state index is -0.247. The summed E-state index contributed by atoms with van der Waals surface area (Å²) in [6, 6.07) is 6.50. The van der Waals surface area contributed by atoms with Gasteiger partial charge in [-0.2, -0.15) is 0 Å². The highest BCUT2D eigenvalue weighted by atomic mass is 19.1. The van der Waals surface area contributed by atoms with Crippen molar-refractivity contribution in [2.24, 2.45) is 11.1 Å². The normalized spacial score (nSPS) is 11.8. The highest BCUT2D eigenvalue weighted by Crippen LogP contribution is 2.25. The largest absolute Gasteiger partial charge is 0.346 e. The summed E-state index contributed by atoms with van der Waals surface area (Å²) in [5, 5.41) is 0. The molecule has 0 aliphatic heterocycles. The maximum atomic E-state index is 13.3. The second-order valence-electron chi connectivity index (χ2n) is 5.71. The third-order valence-electron chi connectivity index (χ3n) is 3.23. The third kappa shape index (κ3) is 3.20. The molecule has 3 N–H and O–H groups in total. The van der Waals surface area contributed by atoms with E-state index in [0.29, 0.717) is 6.54 Å². The number of hydrogen-bond donors (Lipinski definition) is 2. The van der Waals surface area contributed by atoms with Crippen LogP contribution in [0.3, 0.4) is 0 Å². The van der Waals surface area contributed by atoms with Crippen molar-refractivity contribution in [1.82, 2.24) is 9.97 Å². The number of imidazole rings is 1. The molecule has 0 radical (unpaired) electrons. The molecule has 2 rings (SSSR count). The van der Waals surface area contributed by atoms with Crippen LogP contribution in [0.5, 0.6) is 0 Å². The Labute approximate surface area is 113 Å². The zero-order valence-corrected chi connectivity index (χ0v) is 11.6. The van der Waals surface area contributed by atoms with Crippen molar-refractivity contribution in [2.75, 3.05) is 6.54 Å². The van der Waals surface area contributed by atoms with Gasteiger partial charge in [-0.05, 0) is 31.0 Å². The number of rotatable bonds is 4. The van der Waals surface area contributed by atoms with Crippen LogP contribution in [-0.2, 0) is 6.42 Å². The Bertz CT molecular complexity index is 573. The number of aryl methyl sites for hydroxylation is 1. The number of nitrogens with zero attached hydrogens (tertiary/aromatic N) is 1. The van der Waals surface area contributed by atoms with E-state index in [1.165, 1.54) is 12.1 Å². The van der Waals surface area contributed by atoms with E-state index in [2.05, 4.69) is 23.8 Å². The van der Waals surface area contributed by atoms with Crippen LogP contribution >= 0.6 is 0 Å². The van der Waals surface area contributed by atoms with Crippen molar-refractivity contribution in [3.8, 4) is 11.3 Å². The summed E-state index contributed by atoms with van der Waals surface area (Å²) in [6.45, 7) is 6.76. The average molecular weight is 261 g/mol. The molecular weight excluding hydrogens is 241 g/mol. The first kappa shape index (κ1) is 13.7. The molecule has 0 aliphatic carbocycles. The summed E-state index contributed by atoms with van der Waals surface area (Å²) < 4.78 is 13.3. The highest BCUT2D eigenvalue weighted by Gasteiger charge is 2.19. The molecule has 1 heterocycles. The Balaban J connectivity index is 2.32. The SMILES string of the molecule is Cc1[nH]c(CC(C)(C)CN)nc1-c1cccc(F)c1. The predicted octanol–water partition coefficient (Wildman–Crippen LogP) is 3.05. The Kier molecular flexibility index (Phi) is 3.71. The summed E-state index contributed by atoms with van der Waals surface area (Å²) in [5.41, 5.74) is 8.30. The molecule has 0 atom stereocenters. The van der Waals surface area contributed by atoms with E-state index in [1.807, 2.05) is 13.0 Å². The molecule has 4 heteroatoms. The van der Waals surface area contributed by atoms with Crippen molar-refractivity contribution >= 4 is 0 Å². The molecule has 0 bridgehead atoms. The van der Waals surface area contributed by atoms with Crippen molar-refractivity contribution in [2.45, 2.75) is 27.2 Å². The van der Waals surface area contributed by atoms with E-state index in [4.69, 9.17) is 5.73 Å². The van der Waals surface area contributed by atoms with Crippen LogP contribution in [0, 0.1) is 18.2 Å². The molecule has 0 saturated heterocycles. The topological polar surface area (TPSA) is 54.7 Å². The van der Waals surface area contributed by atoms with Gasteiger partial charge in [-0.1, -0.05) is 26.0 Å². The van der Waals surface area contributed by atoms with Gasteiger partial charge >= 0.3 is 0 Å². The molecule has 19 heavy (non-hydrogen) atoms. The second kappa shape index (κ2) is 5.13. The van der Waals surface area contributed by atoms with E-state index in [1.54, 1.807) is 6.07 Å². The highest BCUT2D eigenvalue weighted by molar-refractivity contribution is 5.61. The van der Waals surface area contributed by atoms with Gasteiger partial charge in [-0.15, -0.1) is 0 Å². The molecule has 0 amide bonds. The van der Waals surface area contributed by atoms with E-state index in [-0.39, 0.29) is 11.2 Å². The van der Waals surface area contributed by atoms with Gasteiger partial charge in [-0.25, -0.2) is 9.37 Å². The van der Waals surface area contributed by atoms with Gasteiger partial charge in [0.05, 0.1) is 5.69 Å². The molecule has 0 saturated carbocycles. The van der Waals surface area contributed by atoms with E-state index >= 15 is 0 Å². The zero-order chi connectivity index (χ0) is 14.0. The summed E-state index contributed by atoms with van der Waals surface area (Å²) in [4.78, 5) is 7.84. The number of halogens is 1. The first-order valence-electron chi connectivity index (χ1n) is 6.43. The van der Waals surface area contributed by atoms with E-state index in [0.717, 1.165) is 29.2 Å². The Morgan fingerprint density at radius 3 is 2.74 bits per heavy atom. The Morgan fingerprint density at radius 2 is 2.11 bits per heavy atom. The Hall–Kier alpha value is -1.68. The lowest BCUT2D eigenvalue weighted by Gasteiger charge is -2.20. The third-order valence-corrected chi connectivity index (χ3v) is 3.23. The van der Waals surface area contributed by atoms with Crippen LogP contribution in [0.4, 0.5) is 4.39 Å².